The molecule has 5 heteroatoms. The molecule has 24 heavy (non-hydrogen) atoms. The molecule has 1 unspecified atom stereocenters. The molecule has 2 heterocycles. The molecule has 3 rings (SSSR count). The molecule has 130 valence electrons. The Morgan fingerprint density at radius 2 is 1.83 bits per heavy atom. The summed E-state index contributed by atoms with van der Waals surface area (Å²) >= 11 is 0. The Morgan fingerprint density at radius 1 is 1.08 bits per heavy atom. The maximum atomic E-state index is 12.6. The number of aromatic nitrogens is 1. The van der Waals surface area contributed by atoms with Gasteiger partial charge in [-0.05, 0) is 43.7 Å². The number of rotatable bonds is 3. The lowest BCUT2D eigenvalue weighted by atomic mass is 9.95. The van der Waals surface area contributed by atoms with Gasteiger partial charge in [-0.2, -0.15) is 0 Å². The van der Waals surface area contributed by atoms with Crippen LogP contribution in [0.1, 0.15) is 72.8 Å². The third kappa shape index (κ3) is 4.13. The summed E-state index contributed by atoms with van der Waals surface area (Å²) < 4.78 is 0. The van der Waals surface area contributed by atoms with Gasteiger partial charge in [-0.3, -0.25) is 9.59 Å². The smallest absolute Gasteiger partial charge is 0.272 e. The lowest BCUT2D eigenvalue weighted by Crippen LogP contribution is -2.40. The predicted molar refractivity (Wildman–Crippen MR) is 92.9 cm³/mol. The van der Waals surface area contributed by atoms with Gasteiger partial charge in [-0.15, -0.1) is 0 Å². The SMILES string of the molecule is CC1CCCN(C(=O)c2cccc(C(=O)NC3CCCCC3)n2)C1. The molecule has 0 bridgehead atoms. The minimum Gasteiger partial charge on any atom is -0.348 e. The van der Waals surface area contributed by atoms with Crippen LogP contribution in [0.15, 0.2) is 18.2 Å². The molecule has 1 saturated carbocycles. The Hall–Kier alpha value is -1.91. The number of carbonyl (C=O) groups is 2. The molecule has 1 N–H and O–H groups in total. The number of nitrogens with one attached hydrogen (secondary N) is 1. The van der Waals surface area contributed by atoms with Crippen molar-refractivity contribution >= 4 is 11.8 Å². The Kier molecular flexibility index (Phi) is 5.48. The van der Waals surface area contributed by atoms with Crippen LogP contribution in [-0.4, -0.2) is 40.8 Å². The third-order valence-electron chi connectivity index (χ3n) is 5.09. The first-order valence-electron chi connectivity index (χ1n) is 9.20. The van der Waals surface area contributed by atoms with E-state index >= 15 is 0 Å². The van der Waals surface area contributed by atoms with Gasteiger partial charge in [0.2, 0.25) is 0 Å². The van der Waals surface area contributed by atoms with Gasteiger partial charge in [-0.25, -0.2) is 4.98 Å². The van der Waals surface area contributed by atoms with E-state index in [9.17, 15) is 9.59 Å². The Bertz CT molecular complexity index is 596. The molecular formula is C19H27N3O2. The number of hydrogen-bond donors (Lipinski definition) is 1. The zero-order valence-electron chi connectivity index (χ0n) is 14.5. The number of carbonyl (C=O) groups excluding carboxylic acids is 2. The highest BCUT2D eigenvalue weighted by Gasteiger charge is 2.24. The second kappa shape index (κ2) is 7.77. The average molecular weight is 329 g/mol. The van der Waals surface area contributed by atoms with Crippen LogP contribution in [0.2, 0.25) is 0 Å². The van der Waals surface area contributed by atoms with E-state index in [1.165, 1.54) is 25.7 Å². The second-order valence-electron chi connectivity index (χ2n) is 7.22. The minimum absolute atomic E-state index is 0.0612. The van der Waals surface area contributed by atoms with Crippen LogP contribution in [0.4, 0.5) is 0 Å². The van der Waals surface area contributed by atoms with E-state index in [1.807, 2.05) is 4.90 Å². The van der Waals surface area contributed by atoms with Crippen LogP contribution in [0.25, 0.3) is 0 Å². The summed E-state index contributed by atoms with van der Waals surface area (Å²) in [5, 5.41) is 3.06. The minimum atomic E-state index is -0.163. The molecule has 1 saturated heterocycles. The number of amides is 2. The lowest BCUT2D eigenvalue weighted by Gasteiger charge is -2.30. The van der Waals surface area contributed by atoms with Gasteiger partial charge < -0.3 is 10.2 Å². The van der Waals surface area contributed by atoms with Crippen LogP contribution in [0.3, 0.4) is 0 Å². The monoisotopic (exact) mass is 329 g/mol. The van der Waals surface area contributed by atoms with Crippen molar-refractivity contribution in [3.8, 4) is 0 Å². The zero-order valence-corrected chi connectivity index (χ0v) is 14.5. The van der Waals surface area contributed by atoms with E-state index in [-0.39, 0.29) is 17.9 Å². The Morgan fingerprint density at radius 3 is 2.58 bits per heavy atom. The molecule has 1 aliphatic heterocycles. The highest BCUT2D eigenvalue weighted by Crippen LogP contribution is 2.19. The van der Waals surface area contributed by atoms with Gasteiger partial charge in [0.15, 0.2) is 0 Å². The number of hydrogen-bond acceptors (Lipinski definition) is 3. The topological polar surface area (TPSA) is 62.3 Å². The molecule has 0 radical (unpaired) electrons. The lowest BCUT2D eigenvalue weighted by molar-refractivity contribution is 0.0677. The molecule has 1 aromatic rings. The molecular weight excluding hydrogens is 302 g/mol. The van der Waals surface area contributed by atoms with Gasteiger partial charge in [0, 0.05) is 19.1 Å². The Labute approximate surface area is 143 Å². The summed E-state index contributed by atoms with van der Waals surface area (Å²) in [4.78, 5) is 31.3. The number of nitrogens with zero attached hydrogens (tertiary/aromatic N) is 2. The van der Waals surface area contributed by atoms with E-state index in [4.69, 9.17) is 0 Å². The van der Waals surface area contributed by atoms with Gasteiger partial charge in [-0.1, -0.05) is 32.3 Å². The van der Waals surface area contributed by atoms with E-state index in [0.717, 1.165) is 32.4 Å². The molecule has 0 spiro atoms. The Balaban J connectivity index is 1.66. The standard InChI is InChI=1S/C19H27N3O2/c1-14-7-6-12-22(13-14)19(24)17-11-5-10-16(21-17)18(23)20-15-8-3-2-4-9-15/h5,10-11,14-15H,2-4,6-9,12-13H2,1H3,(H,20,23). The van der Waals surface area contributed by atoms with Gasteiger partial charge in [0.1, 0.15) is 11.4 Å². The fourth-order valence-electron chi connectivity index (χ4n) is 3.72. The van der Waals surface area contributed by atoms with Gasteiger partial charge in [0.05, 0.1) is 0 Å². The first-order valence-corrected chi connectivity index (χ1v) is 9.20. The molecule has 1 atom stereocenters. The summed E-state index contributed by atoms with van der Waals surface area (Å²) in [6, 6.07) is 5.39. The summed E-state index contributed by atoms with van der Waals surface area (Å²) in [6.45, 7) is 3.73. The molecule has 5 nitrogen and oxygen atoms in total. The van der Waals surface area contributed by atoms with Crippen LogP contribution < -0.4 is 5.32 Å². The van der Waals surface area contributed by atoms with Gasteiger partial charge in [0.25, 0.3) is 11.8 Å². The summed E-state index contributed by atoms with van der Waals surface area (Å²) in [5.74, 6) is 0.304. The van der Waals surface area contributed by atoms with Gasteiger partial charge >= 0.3 is 0 Å². The summed E-state index contributed by atoms with van der Waals surface area (Å²) in [6.07, 6.45) is 7.87. The number of pyridine rings is 1. The van der Waals surface area contributed by atoms with Crippen LogP contribution in [0, 0.1) is 5.92 Å². The summed E-state index contributed by atoms with van der Waals surface area (Å²) in [5.41, 5.74) is 0.719. The zero-order chi connectivity index (χ0) is 16.9. The van der Waals surface area contributed by atoms with E-state index in [1.54, 1.807) is 18.2 Å². The van der Waals surface area contributed by atoms with Crippen LogP contribution >= 0.6 is 0 Å². The third-order valence-corrected chi connectivity index (χ3v) is 5.09. The van der Waals surface area contributed by atoms with Crippen molar-refractivity contribution in [2.75, 3.05) is 13.1 Å². The van der Waals surface area contributed by atoms with Crippen LogP contribution in [-0.2, 0) is 0 Å². The first kappa shape index (κ1) is 16.9. The number of piperidine rings is 1. The average Bonchev–Trinajstić information content (AvgIpc) is 2.62. The van der Waals surface area contributed by atoms with Crippen molar-refractivity contribution in [2.45, 2.75) is 57.9 Å². The van der Waals surface area contributed by atoms with Crippen molar-refractivity contribution < 1.29 is 9.59 Å². The molecule has 2 aliphatic rings. The van der Waals surface area contributed by atoms with Crippen molar-refractivity contribution in [3.63, 3.8) is 0 Å². The molecule has 1 aromatic heterocycles. The fourth-order valence-corrected chi connectivity index (χ4v) is 3.72. The van der Waals surface area contributed by atoms with Crippen molar-refractivity contribution in [1.82, 2.24) is 15.2 Å². The van der Waals surface area contributed by atoms with E-state index < -0.39 is 0 Å². The first-order chi connectivity index (χ1) is 11.6. The maximum absolute atomic E-state index is 12.6. The van der Waals surface area contributed by atoms with Crippen molar-refractivity contribution in [3.05, 3.63) is 29.6 Å². The maximum Gasteiger partial charge on any atom is 0.272 e. The van der Waals surface area contributed by atoms with E-state index in [2.05, 4.69) is 17.2 Å². The fraction of sp³-hybridized carbons (Fsp3) is 0.632. The molecule has 0 aromatic carbocycles. The summed E-state index contributed by atoms with van der Waals surface area (Å²) in [7, 11) is 0. The quantitative estimate of drug-likeness (QED) is 0.927. The highest BCUT2D eigenvalue weighted by atomic mass is 16.2. The van der Waals surface area contributed by atoms with E-state index in [0.29, 0.717) is 17.3 Å². The number of likely N-dealkylation sites (tertiary alicyclic amines) is 1. The molecule has 1 aliphatic carbocycles. The predicted octanol–water partition coefficient (Wildman–Crippen LogP) is 3.02. The second-order valence-corrected chi connectivity index (χ2v) is 7.22. The van der Waals surface area contributed by atoms with Crippen molar-refractivity contribution in [1.29, 1.82) is 0 Å². The van der Waals surface area contributed by atoms with Crippen molar-refractivity contribution in [2.24, 2.45) is 5.92 Å². The molecule has 2 fully saturated rings. The largest absolute Gasteiger partial charge is 0.348 e. The van der Waals surface area contributed by atoms with Crippen LogP contribution in [0.5, 0.6) is 0 Å². The molecule has 2 amide bonds. The highest BCUT2D eigenvalue weighted by molar-refractivity contribution is 5.96. The normalized spacial score (nSPS) is 22.2.